The molecule has 0 amide bonds. The molecule has 3 saturated heterocycles. The maximum Gasteiger partial charge on any atom is 0.311 e. The third kappa shape index (κ3) is 1.94. The summed E-state index contributed by atoms with van der Waals surface area (Å²) in [6, 6.07) is 6.53. The molecule has 0 aliphatic carbocycles. The summed E-state index contributed by atoms with van der Waals surface area (Å²) in [4.78, 5) is 12.6. The summed E-state index contributed by atoms with van der Waals surface area (Å²) in [5, 5.41) is 0. The maximum atomic E-state index is 13.1. The summed E-state index contributed by atoms with van der Waals surface area (Å²) in [5.41, 5.74) is 0.428. The molecular weight excluding hydrogens is 314 g/mol. The van der Waals surface area contributed by atoms with Crippen molar-refractivity contribution in [3.63, 3.8) is 0 Å². The number of ether oxygens (including phenoxy) is 1. The van der Waals surface area contributed by atoms with Crippen LogP contribution in [0, 0.1) is 18.8 Å². The fourth-order valence-electron chi connectivity index (χ4n) is 4.78. The number of sulfonamides is 1. The van der Waals surface area contributed by atoms with Crippen LogP contribution in [0.3, 0.4) is 0 Å². The second kappa shape index (κ2) is 4.57. The van der Waals surface area contributed by atoms with Crippen LogP contribution in [0.2, 0.25) is 0 Å². The molecule has 0 radical (unpaired) electrons. The number of carbonyl (C=O) groups is 1. The predicted octanol–water partition coefficient (Wildman–Crippen LogP) is 2.10. The molecule has 1 aromatic rings. The molecule has 1 aromatic carbocycles. The van der Waals surface area contributed by atoms with Gasteiger partial charge in [0.25, 0.3) is 0 Å². The number of aryl methyl sites for hydroxylation is 1. The molecule has 3 aliphatic heterocycles. The maximum absolute atomic E-state index is 13.1. The Morgan fingerprint density at radius 2 is 1.74 bits per heavy atom. The van der Waals surface area contributed by atoms with Crippen molar-refractivity contribution in [2.75, 3.05) is 0 Å². The van der Waals surface area contributed by atoms with Crippen LogP contribution in [-0.4, -0.2) is 36.4 Å². The number of fused-ring (bicyclic) bond motifs is 5. The standard InChI is InChI=1S/C17H21NO4S/c1-10-4-6-11(7-5-10)23(20,21)18-12-8-9-13(18)15-14(12)16(19)22-17(15,2)3/h4-7,12-15H,8-9H2,1-3H3. The lowest BCUT2D eigenvalue weighted by molar-refractivity contribution is -0.150. The molecule has 0 aromatic heterocycles. The predicted molar refractivity (Wildman–Crippen MR) is 84.2 cm³/mol. The Labute approximate surface area is 136 Å². The van der Waals surface area contributed by atoms with E-state index in [1.807, 2.05) is 32.9 Å². The van der Waals surface area contributed by atoms with Crippen molar-refractivity contribution < 1.29 is 17.9 Å². The monoisotopic (exact) mass is 335 g/mol. The summed E-state index contributed by atoms with van der Waals surface area (Å²) in [6.07, 6.45) is 1.54. The average molecular weight is 335 g/mol. The van der Waals surface area contributed by atoms with E-state index >= 15 is 0 Å². The van der Waals surface area contributed by atoms with Crippen molar-refractivity contribution in [2.24, 2.45) is 11.8 Å². The molecule has 124 valence electrons. The van der Waals surface area contributed by atoms with Gasteiger partial charge in [-0.1, -0.05) is 17.7 Å². The number of esters is 1. The van der Waals surface area contributed by atoms with Crippen LogP contribution in [0.5, 0.6) is 0 Å². The molecule has 3 heterocycles. The number of rotatable bonds is 2. The van der Waals surface area contributed by atoms with Crippen molar-refractivity contribution in [1.29, 1.82) is 0 Å². The summed E-state index contributed by atoms with van der Waals surface area (Å²) < 4.78 is 33.4. The van der Waals surface area contributed by atoms with Crippen molar-refractivity contribution in [2.45, 2.75) is 56.2 Å². The molecule has 3 fully saturated rings. The van der Waals surface area contributed by atoms with E-state index in [0.29, 0.717) is 4.90 Å². The van der Waals surface area contributed by atoms with E-state index in [9.17, 15) is 13.2 Å². The second-order valence-corrected chi connectivity index (χ2v) is 9.28. The minimum atomic E-state index is -3.58. The van der Waals surface area contributed by atoms with Crippen LogP contribution in [0.25, 0.3) is 0 Å². The molecule has 0 N–H and O–H groups in total. The Bertz CT molecular complexity index is 768. The van der Waals surface area contributed by atoms with Crippen LogP contribution in [0.1, 0.15) is 32.3 Å². The van der Waals surface area contributed by atoms with E-state index in [0.717, 1.165) is 18.4 Å². The highest BCUT2D eigenvalue weighted by atomic mass is 32.2. The van der Waals surface area contributed by atoms with Gasteiger partial charge in [-0.25, -0.2) is 8.42 Å². The lowest BCUT2D eigenvalue weighted by Crippen LogP contribution is -2.42. The molecule has 6 heteroatoms. The SMILES string of the molecule is Cc1ccc(S(=O)(=O)N2C3CCC2C2C3C(=O)OC2(C)C)cc1. The lowest BCUT2D eigenvalue weighted by Gasteiger charge is -2.31. The number of nitrogens with zero attached hydrogens (tertiary/aromatic N) is 1. The largest absolute Gasteiger partial charge is 0.459 e. The van der Waals surface area contributed by atoms with Crippen LogP contribution < -0.4 is 0 Å². The summed E-state index contributed by atoms with van der Waals surface area (Å²) in [5.74, 6) is -0.603. The van der Waals surface area contributed by atoms with Gasteiger partial charge < -0.3 is 4.74 Å². The van der Waals surface area contributed by atoms with Crippen LogP contribution in [0.15, 0.2) is 29.2 Å². The lowest BCUT2D eigenvalue weighted by atomic mass is 9.74. The first kappa shape index (κ1) is 15.1. The Morgan fingerprint density at radius 3 is 2.35 bits per heavy atom. The quantitative estimate of drug-likeness (QED) is 0.777. The molecular formula is C17H21NO4S. The van der Waals surface area contributed by atoms with E-state index in [1.165, 1.54) is 0 Å². The third-order valence-electron chi connectivity index (χ3n) is 5.66. The van der Waals surface area contributed by atoms with Gasteiger partial charge >= 0.3 is 5.97 Å². The van der Waals surface area contributed by atoms with Gasteiger partial charge in [-0.05, 0) is 45.7 Å². The Balaban J connectivity index is 1.77. The van der Waals surface area contributed by atoms with Gasteiger partial charge in [0, 0.05) is 18.0 Å². The van der Waals surface area contributed by atoms with E-state index in [4.69, 9.17) is 4.74 Å². The molecule has 0 spiro atoms. The van der Waals surface area contributed by atoms with Gasteiger partial charge in [-0.2, -0.15) is 4.31 Å². The molecule has 2 bridgehead atoms. The van der Waals surface area contributed by atoms with E-state index in [2.05, 4.69) is 0 Å². The highest BCUT2D eigenvalue weighted by molar-refractivity contribution is 7.89. The Kier molecular flexibility index (Phi) is 3.01. The fraction of sp³-hybridized carbons (Fsp3) is 0.588. The molecule has 23 heavy (non-hydrogen) atoms. The van der Waals surface area contributed by atoms with Gasteiger partial charge in [0.2, 0.25) is 10.0 Å². The minimum absolute atomic E-state index is 0.0472. The number of carbonyl (C=O) groups excluding carboxylic acids is 1. The smallest absolute Gasteiger partial charge is 0.311 e. The van der Waals surface area contributed by atoms with Gasteiger partial charge in [0.1, 0.15) is 5.60 Å². The van der Waals surface area contributed by atoms with E-state index in [1.54, 1.807) is 16.4 Å². The van der Waals surface area contributed by atoms with Crippen LogP contribution in [0.4, 0.5) is 0 Å². The van der Waals surface area contributed by atoms with Crippen LogP contribution in [-0.2, 0) is 19.6 Å². The van der Waals surface area contributed by atoms with Crippen molar-refractivity contribution in [3.8, 4) is 0 Å². The van der Waals surface area contributed by atoms with Crippen molar-refractivity contribution >= 4 is 16.0 Å². The van der Waals surface area contributed by atoms with Crippen molar-refractivity contribution in [3.05, 3.63) is 29.8 Å². The molecule has 3 aliphatic rings. The second-order valence-electron chi connectivity index (χ2n) is 7.44. The van der Waals surface area contributed by atoms with Crippen LogP contribution >= 0.6 is 0 Å². The number of cyclic esters (lactones) is 1. The van der Waals surface area contributed by atoms with Gasteiger partial charge in [0.05, 0.1) is 10.8 Å². The molecule has 4 unspecified atom stereocenters. The zero-order chi connectivity index (χ0) is 16.6. The average Bonchev–Trinajstić information content (AvgIpc) is 3.09. The molecule has 4 atom stereocenters. The number of hydrogen-bond acceptors (Lipinski definition) is 4. The summed E-state index contributed by atoms with van der Waals surface area (Å²) in [7, 11) is -3.58. The zero-order valence-corrected chi connectivity index (χ0v) is 14.3. The van der Waals surface area contributed by atoms with E-state index < -0.39 is 15.6 Å². The highest BCUT2D eigenvalue weighted by Crippen LogP contribution is 2.56. The van der Waals surface area contributed by atoms with Gasteiger partial charge in [-0.15, -0.1) is 0 Å². The molecule has 4 rings (SSSR count). The fourth-order valence-corrected chi connectivity index (χ4v) is 6.69. The molecule has 5 nitrogen and oxygen atoms in total. The minimum Gasteiger partial charge on any atom is -0.459 e. The van der Waals surface area contributed by atoms with Crippen molar-refractivity contribution in [1.82, 2.24) is 4.31 Å². The van der Waals surface area contributed by atoms with E-state index in [-0.39, 0.29) is 29.9 Å². The summed E-state index contributed by atoms with van der Waals surface area (Å²) >= 11 is 0. The number of benzene rings is 1. The van der Waals surface area contributed by atoms with Gasteiger partial charge in [-0.3, -0.25) is 4.79 Å². The topological polar surface area (TPSA) is 63.7 Å². The Hall–Kier alpha value is -1.40. The first-order chi connectivity index (χ1) is 10.7. The Morgan fingerprint density at radius 1 is 1.13 bits per heavy atom. The zero-order valence-electron chi connectivity index (χ0n) is 13.5. The number of hydrogen-bond donors (Lipinski definition) is 0. The highest BCUT2D eigenvalue weighted by Gasteiger charge is 2.68. The molecule has 0 saturated carbocycles. The summed E-state index contributed by atoms with van der Waals surface area (Å²) in [6.45, 7) is 5.72. The third-order valence-corrected chi connectivity index (χ3v) is 7.63. The normalized spacial score (nSPS) is 35.3. The first-order valence-corrected chi connectivity index (χ1v) is 9.50. The first-order valence-electron chi connectivity index (χ1n) is 8.06. The van der Waals surface area contributed by atoms with Gasteiger partial charge in [0.15, 0.2) is 0 Å².